The van der Waals surface area contributed by atoms with Crippen LogP contribution in [-0.2, 0) is 11.3 Å². The standard InChI is InChI=1S/C14H16ClN3O/c1-11(9-15)14(19)17-13-6-3-2-5-12(13)10-18-8-4-7-16-18/h2-8,11H,9-10H2,1H3,(H,17,19). The minimum absolute atomic E-state index is 0.0667. The molecule has 1 aromatic heterocycles. The van der Waals surface area contributed by atoms with Crippen molar-refractivity contribution in [3.63, 3.8) is 0 Å². The Morgan fingerprint density at radius 3 is 2.89 bits per heavy atom. The van der Waals surface area contributed by atoms with E-state index >= 15 is 0 Å². The molecule has 100 valence electrons. The van der Waals surface area contributed by atoms with Gasteiger partial charge in [-0.05, 0) is 17.7 Å². The van der Waals surface area contributed by atoms with Crippen molar-refractivity contribution in [2.45, 2.75) is 13.5 Å². The van der Waals surface area contributed by atoms with Gasteiger partial charge in [-0.25, -0.2) is 0 Å². The maximum Gasteiger partial charge on any atom is 0.228 e. The summed E-state index contributed by atoms with van der Waals surface area (Å²) in [5.74, 6) is 0.0370. The monoisotopic (exact) mass is 277 g/mol. The summed E-state index contributed by atoms with van der Waals surface area (Å²) in [6.45, 7) is 2.43. The second-order valence-electron chi connectivity index (χ2n) is 4.41. The molecular weight excluding hydrogens is 262 g/mol. The maximum absolute atomic E-state index is 11.9. The van der Waals surface area contributed by atoms with Gasteiger partial charge in [0.15, 0.2) is 0 Å². The van der Waals surface area contributed by atoms with Crippen molar-refractivity contribution >= 4 is 23.2 Å². The van der Waals surface area contributed by atoms with Gasteiger partial charge in [0.2, 0.25) is 5.91 Å². The molecule has 2 aromatic rings. The first-order valence-corrected chi connectivity index (χ1v) is 6.66. The molecule has 1 unspecified atom stereocenters. The molecule has 0 saturated carbocycles. The number of nitrogens with one attached hydrogen (secondary N) is 1. The van der Waals surface area contributed by atoms with E-state index in [0.717, 1.165) is 11.3 Å². The molecule has 1 aromatic carbocycles. The lowest BCUT2D eigenvalue weighted by Crippen LogP contribution is -2.22. The first-order chi connectivity index (χ1) is 9.20. The average molecular weight is 278 g/mol. The van der Waals surface area contributed by atoms with Crippen LogP contribution in [0.4, 0.5) is 5.69 Å². The highest BCUT2D eigenvalue weighted by atomic mass is 35.5. The number of rotatable bonds is 5. The third-order valence-corrected chi connectivity index (χ3v) is 3.31. The third-order valence-electron chi connectivity index (χ3n) is 2.85. The number of carbonyl (C=O) groups is 1. The van der Waals surface area contributed by atoms with Crippen LogP contribution in [0.3, 0.4) is 0 Å². The Kier molecular flexibility index (Phi) is 4.58. The fraction of sp³-hybridized carbons (Fsp3) is 0.286. The highest BCUT2D eigenvalue weighted by molar-refractivity contribution is 6.19. The highest BCUT2D eigenvalue weighted by Crippen LogP contribution is 2.17. The van der Waals surface area contributed by atoms with E-state index in [-0.39, 0.29) is 11.8 Å². The average Bonchev–Trinajstić information content (AvgIpc) is 2.93. The number of amides is 1. The maximum atomic E-state index is 11.9. The van der Waals surface area contributed by atoms with E-state index in [0.29, 0.717) is 12.4 Å². The molecule has 1 N–H and O–H groups in total. The molecule has 2 rings (SSSR count). The Morgan fingerprint density at radius 2 is 2.21 bits per heavy atom. The predicted molar refractivity (Wildman–Crippen MR) is 76.3 cm³/mol. The van der Waals surface area contributed by atoms with E-state index in [1.54, 1.807) is 13.1 Å². The van der Waals surface area contributed by atoms with E-state index < -0.39 is 0 Å². The number of para-hydroxylation sites is 1. The summed E-state index contributed by atoms with van der Waals surface area (Å²) in [6, 6.07) is 9.57. The number of halogens is 1. The molecule has 0 fully saturated rings. The van der Waals surface area contributed by atoms with Gasteiger partial charge in [0, 0.05) is 29.9 Å². The molecule has 0 radical (unpaired) electrons. The van der Waals surface area contributed by atoms with Crippen LogP contribution in [0.15, 0.2) is 42.7 Å². The van der Waals surface area contributed by atoms with E-state index in [9.17, 15) is 4.79 Å². The second kappa shape index (κ2) is 6.38. The Morgan fingerprint density at radius 1 is 1.42 bits per heavy atom. The van der Waals surface area contributed by atoms with Crippen molar-refractivity contribution in [2.24, 2.45) is 5.92 Å². The zero-order chi connectivity index (χ0) is 13.7. The molecule has 0 aliphatic heterocycles. The summed E-state index contributed by atoms with van der Waals surface area (Å²) in [5.41, 5.74) is 1.82. The Balaban J connectivity index is 2.14. The van der Waals surface area contributed by atoms with Crippen molar-refractivity contribution < 1.29 is 4.79 Å². The van der Waals surface area contributed by atoms with Gasteiger partial charge in [-0.3, -0.25) is 9.48 Å². The Labute approximate surface area is 117 Å². The van der Waals surface area contributed by atoms with Gasteiger partial charge in [-0.2, -0.15) is 5.10 Å². The lowest BCUT2D eigenvalue weighted by Gasteiger charge is -2.13. The van der Waals surface area contributed by atoms with Gasteiger partial charge in [0.1, 0.15) is 0 Å². The minimum atomic E-state index is -0.209. The first kappa shape index (κ1) is 13.6. The largest absolute Gasteiger partial charge is 0.325 e. The van der Waals surface area contributed by atoms with Crippen LogP contribution >= 0.6 is 11.6 Å². The van der Waals surface area contributed by atoms with Crippen molar-refractivity contribution in [1.82, 2.24) is 9.78 Å². The summed E-state index contributed by atoms with van der Waals surface area (Å²) in [4.78, 5) is 11.9. The molecule has 5 heteroatoms. The number of nitrogens with zero attached hydrogens (tertiary/aromatic N) is 2. The fourth-order valence-corrected chi connectivity index (χ4v) is 1.81. The van der Waals surface area contributed by atoms with Gasteiger partial charge in [-0.1, -0.05) is 25.1 Å². The molecule has 0 spiro atoms. The molecule has 1 heterocycles. The van der Waals surface area contributed by atoms with Crippen LogP contribution in [0, 0.1) is 5.92 Å². The van der Waals surface area contributed by atoms with Gasteiger partial charge in [0.25, 0.3) is 0 Å². The summed E-state index contributed by atoms with van der Waals surface area (Å²) < 4.78 is 1.82. The van der Waals surface area contributed by atoms with Crippen LogP contribution in [0.25, 0.3) is 0 Å². The minimum Gasteiger partial charge on any atom is -0.325 e. The number of hydrogen-bond acceptors (Lipinski definition) is 2. The Hall–Kier alpha value is -1.81. The quantitative estimate of drug-likeness (QED) is 0.854. The molecule has 0 aliphatic carbocycles. The number of benzene rings is 1. The van der Waals surface area contributed by atoms with E-state index in [1.807, 2.05) is 41.2 Å². The van der Waals surface area contributed by atoms with Crippen molar-refractivity contribution in [3.05, 3.63) is 48.3 Å². The van der Waals surface area contributed by atoms with E-state index in [4.69, 9.17) is 11.6 Å². The summed E-state index contributed by atoms with van der Waals surface area (Å²) in [6.07, 6.45) is 3.62. The first-order valence-electron chi connectivity index (χ1n) is 6.13. The fourth-order valence-electron chi connectivity index (χ4n) is 1.67. The number of alkyl halides is 1. The molecule has 1 atom stereocenters. The normalized spacial score (nSPS) is 12.1. The summed E-state index contributed by atoms with van der Waals surface area (Å²) in [5, 5.41) is 7.08. The zero-order valence-corrected chi connectivity index (χ0v) is 11.5. The van der Waals surface area contributed by atoms with Gasteiger partial charge in [-0.15, -0.1) is 11.6 Å². The van der Waals surface area contributed by atoms with Gasteiger partial charge in [0.05, 0.1) is 6.54 Å². The lowest BCUT2D eigenvalue weighted by atomic mass is 10.1. The van der Waals surface area contributed by atoms with Crippen molar-refractivity contribution in [2.75, 3.05) is 11.2 Å². The zero-order valence-electron chi connectivity index (χ0n) is 10.7. The molecule has 4 nitrogen and oxygen atoms in total. The second-order valence-corrected chi connectivity index (χ2v) is 4.71. The van der Waals surface area contributed by atoms with Gasteiger partial charge < -0.3 is 5.32 Å². The van der Waals surface area contributed by atoms with Crippen LogP contribution in [-0.4, -0.2) is 21.6 Å². The number of aromatic nitrogens is 2. The SMILES string of the molecule is CC(CCl)C(=O)Nc1ccccc1Cn1cccn1. The van der Waals surface area contributed by atoms with Gasteiger partial charge >= 0.3 is 0 Å². The molecule has 0 aliphatic rings. The number of hydrogen-bond donors (Lipinski definition) is 1. The van der Waals surface area contributed by atoms with E-state index in [2.05, 4.69) is 10.4 Å². The topological polar surface area (TPSA) is 46.9 Å². The molecular formula is C14H16ClN3O. The molecule has 0 bridgehead atoms. The van der Waals surface area contributed by atoms with Crippen molar-refractivity contribution in [1.29, 1.82) is 0 Å². The van der Waals surface area contributed by atoms with Crippen LogP contribution < -0.4 is 5.32 Å². The Bertz CT molecular complexity index is 539. The van der Waals surface area contributed by atoms with Crippen LogP contribution in [0.2, 0.25) is 0 Å². The molecule has 0 saturated heterocycles. The molecule has 19 heavy (non-hydrogen) atoms. The summed E-state index contributed by atoms with van der Waals surface area (Å²) in [7, 11) is 0. The van der Waals surface area contributed by atoms with Crippen LogP contribution in [0.5, 0.6) is 0 Å². The predicted octanol–water partition coefficient (Wildman–Crippen LogP) is 2.74. The smallest absolute Gasteiger partial charge is 0.228 e. The molecule has 1 amide bonds. The number of carbonyl (C=O) groups excluding carboxylic acids is 1. The van der Waals surface area contributed by atoms with Crippen LogP contribution in [0.1, 0.15) is 12.5 Å². The summed E-state index contributed by atoms with van der Waals surface area (Å²) >= 11 is 5.69. The number of anilines is 1. The third kappa shape index (κ3) is 3.58. The van der Waals surface area contributed by atoms with Crippen molar-refractivity contribution in [3.8, 4) is 0 Å². The van der Waals surface area contributed by atoms with E-state index in [1.165, 1.54) is 0 Å². The lowest BCUT2D eigenvalue weighted by molar-refractivity contribution is -0.118. The highest BCUT2D eigenvalue weighted by Gasteiger charge is 2.13.